The van der Waals surface area contributed by atoms with E-state index < -0.39 is 15.9 Å². The zero-order chi connectivity index (χ0) is 18.0. The van der Waals surface area contributed by atoms with Crippen LogP contribution in [0.3, 0.4) is 0 Å². The molecule has 2 heterocycles. The van der Waals surface area contributed by atoms with Crippen molar-refractivity contribution in [3.8, 4) is 0 Å². The van der Waals surface area contributed by atoms with Gasteiger partial charge in [0.2, 0.25) is 0 Å². The first-order valence-electron chi connectivity index (χ1n) is 8.04. The van der Waals surface area contributed by atoms with Crippen LogP contribution in [-0.2, 0) is 13.8 Å². The lowest BCUT2D eigenvalue weighted by Crippen LogP contribution is -2.45. The second kappa shape index (κ2) is 7.13. The number of carbonyl (C=O) groups excluding carboxylic acids is 2. The lowest BCUT2D eigenvalue weighted by molar-refractivity contribution is 0.0196. The summed E-state index contributed by atoms with van der Waals surface area (Å²) in [6.45, 7) is 8.72. The molecule has 0 radical (unpaired) electrons. The molecule has 24 heavy (non-hydrogen) atoms. The highest BCUT2D eigenvalue weighted by Crippen LogP contribution is 2.40. The third-order valence-electron chi connectivity index (χ3n) is 3.69. The van der Waals surface area contributed by atoms with Crippen molar-refractivity contribution in [2.45, 2.75) is 50.5 Å². The van der Waals surface area contributed by atoms with Gasteiger partial charge >= 0.3 is 12.1 Å². The Bertz CT molecular complexity index is 601. The molecule has 1 aromatic rings. The van der Waals surface area contributed by atoms with Crippen LogP contribution in [0, 0.1) is 0 Å². The fourth-order valence-electron chi connectivity index (χ4n) is 2.47. The number of aromatic amines is 1. The Morgan fingerprint density at radius 3 is 2.54 bits per heavy atom. The highest BCUT2D eigenvalue weighted by molar-refractivity contribution is 9.09. The molecule has 7 nitrogen and oxygen atoms in total. The van der Waals surface area contributed by atoms with E-state index in [-0.39, 0.29) is 11.8 Å². The molecule has 2 rings (SSSR count). The Morgan fingerprint density at radius 2 is 2.00 bits per heavy atom. The van der Waals surface area contributed by atoms with Gasteiger partial charge in [0.15, 0.2) is 5.69 Å². The number of rotatable bonds is 3. The minimum Gasteiger partial charge on any atom is -0.461 e. The highest BCUT2D eigenvalue weighted by Gasteiger charge is 2.39. The number of H-pyrrole nitrogens is 1. The Morgan fingerprint density at radius 1 is 1.38 bits per heavy atom. The molecule has 0 saturated carbocycles. The molecular formula is C16H24BrN3O4. The molecule has 0 spiro atoms. The van der Waals surface area contributed by atoms with Crippen LogP contribution in [0.25, 0.3) is 0 Å². The quantitative estimate of drug-likeness (QED) is 0.620. The minimum atomic E-state index is -0.504. The molecule has 0 aliphatic carbocycles. The summed E-state index contributed by atoms with van der Waals surface area (Å²) in [6, 6.07) is 0. The van der Waals surface area contributed by atoms with E-state index in [1.807, 2.05) is 20.8 Å². The predicted molar refractivity (Wildman–Crippen MR) is 92.2 cm³/mol. The van der Waals surface area contributed by atoms with Crippen LogP contribution in [0.1, 0.15) is 56.8 Å². The number of carbonyl (C=O) groups is 2. The first kappa shape index (κ1) is 18.8. The highest BCUT2D eigenvalue weighted by atomic mass is 79.9. The van der Waals surface area contributed by atoms with Crippen LogP contribution in [0.4, 0.5) is 4.79 Å². The number of esters is 1. The second-order valence-corrected chi connectivity index (χ2v) is 8.31. The van der Waals surface area contributed by atoms with E-state index in [1.165, 1.54) is 0 Å². The van der Waals surface area contributed by atoms with Crippen molar-refractivity contribution in [1.29, 1.82) is 0 Å². The summed E-state index contributed by atoms with van der Waals surface area (Å²) in [7, 11) is 0. The number of amides is 1. The summed E-state index contributed by atoms with van der Waals surface area (Å²) in [5.74, 6) is 0.233. The Balaban J connectivity index is 1.99. The molecule has 1 saturated heterocycles. The van der Waals surface area contributed by atoms with E-state index in [1.54, 1.807) is 18.0 Å². The molecule has 134 valence electrons. The largest absolute Gasteiger partial charge is 0.461 e. The van der Waals surface area contributed by atoms with Gasteiger partial charge in [-0.2, -0.15) is 0 Å². The SMILES string of the molecule is CCOC(=O)c1c[nH]c(C2(Br)CCN(C(=O)OC(C)(C)C)CC2)n1. The molecule has 0 aromatic carbocycles. The van der Waals surface area contributed by atoms with Crippen LogP contribution in [0.15, 0.2) is 6.20 Å². The maximum Gasteiger partial charge on any atom is 0.410 e. The molecule has 1 fully saturated rings. The Kier molecular flexibility index (Phi) is 5.57. The number of hydrogen-bond donors (Lipinski definition) is 1. The van der Waals surface area contributed by atoms with Crippen molar-refractivity contribution in [3.05, 3.63) is 17.7 Å². The van der Waals surface area contributed by atoms with Crippen molar-refractivity contribution in [1.82, 2.24) is 14.9 Å². The van der Waals surface area contributed by atoms with Gasteiger partial charge in [0, 0.05) is 19.3 Å². The molecule has 8 heteroatoms. The number of aromatic nitrogens is 2. The minimum absolute atomic E-state index is 0.264. The average Bonchev–Trinajstić information content (AvgIpc) is 2.97. The lowest BCUT2D eigenvalue weighted by atomic mass is 9.96. The fourth-order valence-corrected chi connectivity index (χ4v) is 3.03. The molecule has 1 N–H and O–H groups in total. The predicted octanol–water partition coefficient (Wildman–Crippen LogP) is 3.21. The van der Waals surface area contributed by atoms with Gasteiger partial charge in [0.05, 0.1) is 10.9 Å². The van der Waals surface area contributed by atoms with E-state index in [2.05, 4.69) is 25.9 Å². The maximum absolute atomic E-state index is 12.1. The van der Waals surface area contributed by atoms with Crippen LogP contribution < -0.4 is 0 Å². The van der Waals surface area contributed by atoms with Gasteiger partial charge in [-0.25, -0.2) is 14.6 Å². The normalized spacial score (nSPS) is 17.5. The smallest absolute Gasteiger partial charge is 0.410 e. The van der Waals surface area contributed by atoms with Crippen LogP contribution in [0.2, 0.25) is 0 Å². The zero-order valence-corrected chi connectivity index (χ0v) is 16.1. The number of hydrogen-bond acceptors (Lipinski definition) is 5. The Labute approximate surface area is 150 Å². The Hall–Kier alpha value is -1.57. The maximum atomic E-state index is 12.1. The number of likely N-dealkylation sites (tertiary alicyclic amines) is 1. The summed E-state index contributed by atoms with van der Waals surface area (Å²) >= 11 is 3.72. The number of alkyl halides is 1. The third kappa shape index (κ3) is 4.49. The average molecular weight is 402 g/mol. The van der Waals surface area contributed by atoms with E-state index in [4.69, 9.17) is 9.47 Å². The molecule has 1 aromatic heterocycles. The van der Waals surface area contributed by atoms with E-state index in [9.17, 15) is 9.59 Å². The summed E-state index contributed by atoms with van der Waals surface area (Å²) < 4.78 is 9.96. The molecule has 1 amide bonds. The number of nitrogens with zero attached hydrogens (tertiary/aromatic N) is 2. The molecule has 0 atom stereocenters. The van der Waals surface area contributed by atoms with Gasteiger partial charge < -0.3 is 19.4 Å². The summed E-state index contributed by atoms with van der Waals surface area (Å²) in [5.41, 5.74) is -0.240. The standard InChI is InChI=1S/C16H24BrN3O4/c1-5-23-12(21)11-10-18-13(19-11)16(17)6-8-20(9-7-16)14(22)24-15(2,3)4/h10H,5-9H2,1-4H3,(H,18,19). The van der Waals surface area contributed by atoms with Gasteiger partial charge in [0.25, 0.3) is 0 Å². The van der Waals surface area contributed by atoms with Crippen molar-refractivity contribution in [3.63, 3.8) is 0 Å². The summed E-state index contributed by atoms with van der Waals surface area (Å²) in [4.78, 5) is 32.9. The van der Waals surface area contributed by atoms with Gasteiger partial charge in [-0.1, -0.05) is 15.9 Å². The summed E-state index contributed by atoms with van der Waals surface area (Å²) in [6.07, 6.45) is 2.59. The van der Waals surface area contributed by atoms with Crippen LogP contribution in [-0.4, -0.2) is 52.2 Å². The second-order valence-electron chi connectivity index (χ2n) is 6.79. The van der Waals surface area contributed by atoms with E-state index in [0.29, 0.717) is 38.4 Å². The molecule has 1 aliphatic rings. The number of imidazole rings is 1. The van der Waals surface area contributed by atoms with E-state index in [0.717, 1.165) is 0 Å². The molecule has 0 unspecified atom stereocenters. The molecule has 1 aliphatic heterocycles. The van der Waals surface area contributed by atoms with Gasteiger partial charge in [-0.3, -0.25) is 0 Å². The fraction of sp³-hybridized carbons (Fsp3) is 0.688. The van der Waals surface area contributed by atoms with Crippen molar-refractivity contribution < 1.29 is 19.1 Å². The number of nitrogens with one attached hydrogen (secondary N) is 1. The number of ether oxygens (including phenoxy) is 2. The van der Waals surface area contributed by atoms with Crippen LogP contribution >= 0.6 is 15.9 Å². The van der Waals surface area contributed by atoms with Gasteiger partial charge in [-0.15, -0.1) is 0 Å². The van der Waals surface area contributed by atoms with Crippen LogP contribution in [0.5, 0.6) is 0 Å². The number of piperidine rings is 1. The number of halogens is 1. The monoisotopic (exact) mass is 401 g/mol. The lowest BCUT2D eigenvalue weighted by Gasteiger charge is -2.37. The van der Waals surface area contributed by atoms with Gasteiger partial charge in [-0.05, 0) is 40.5 Å². The third-order valence-corrected chi connectivity index (χ3v) is 4.86. The van der Waals surface area contributed by atoms with Crippen molar-refractivity contribution >= 4 is 28.0 Å². The first-order chi connectivity index (χ1) is 11.1. The molecular weight excluding hydrogens is 378 g/mol. The first-order valence-corrected chi connectivity index (χ1v) is 8.84. The van der Waals surface area contributed by atoms with Crippen molar-refractivity contribution in [2.75, 3.05) is 19.7 Å². The van der Waals surface area contributed by atoms with Crippen molar-refractivity contribution in [2.24, 2.45) is 0 Å². The van der Waals surface area contributed by atoms with Gasteiger partial charge in [0.1, 0.15) is 11.4 Å². The van der Waals surface area contributed by atoms with E-state index >= 15 is 0 Å². The topological polar surface area (TPSA) is 84.5 Å². The molecule has 0 bridgehead atoms. The zero-order valence-electron chi connectivity index (χ0n) is 14.5. The summed E-state index contributed by atoms with van der Waals surface area (Å²) in [5, 5.41) is 0.